The lowest BCUT2D eigenvalue weighted by atomic mass is 10.1. The monoisotopic (exact) mass is 364 g/mol. The summed E-state index contributed by atoms with van der Waals surface area (Å²) in [5.41, 5.74) is 0.876. The summed E-state index contributed by atoms with van der Waals surface area (Å²) in [6.07, 6.45) is 0.0464. The second-order valence-corrected chi connectivity index (χ2v) is 5.96. The Kier molecular flexibility index (Phi) is 6.76. The van der Waals surface area contributed by atoms with Crippen molar-refractivity contribution in [1.82, 2.24) is 4.98 Å². The Morgan fingerprint density at radius 2 is 1.92 bits per heavy atom. The smallest absolute Gasteiger partial charge is 0.311 e. The maximum Gasteiger partial charge on any atom is 0.311 e. The zero-order valence-corrected chi connectivity index (χ0v) is 14.4. The van der Waals surface area contributed by atoms with Crippen LogP contribution in [-0.2, 0) is 20.7 Å². The summed E-state index contributed by atoms with van der Waals surface area (Å²) in [5, 5.41) is 4.61. The van der Waals surface area contributed by atoms with Crippen molar-refractivity contribution in [1.29, 1.82) is 0 Å². The van der Waals surface area contributed by atoms with Crippen LogP contribution in [0.3, 0.4) is 0 Å². The van der Waals surface area contributed by atoms with Crippen molar-refractivity contribution < 1.29 is 23.5 Å². The van der Waals surface area contributed by atoms with E-state index < -0.39 is 5.82 Å². The summed E-state index contributed by atoms with van der Waals surface area (Å²) < 4.78 is 17.6. The summed E-state index contributed by atoms with van der Waals surface area (Å²) in [6, 6.07) is 5.18. The second kappa shape index (κ2) is 9.03. The molecule has 0 spiro atoms. The molecule has 25 heavy (non-hydrogen) atoms. The van der Waals surface area contributed by atoms with Crippen LogP contribution in [0.1, 0.15) is 35.8 Å². The molecule has 0 fully saturated rings. The topological polar surface area (TPSA) is 85.4 Å². The lowest BCUT2D eigenvalue weighted by Gasteiger charge is -2.02. The van der Waals surface area contributed by atoms with Gasteiger partial charge in [0.2, 0.25) is 5.91 Å². The highest BCUT2D eigenvalue weighted by atomic mass is 32.1. The number of anilines is 1. The molecule has 0 saturated carbocycles. The molecule has 0 unspecified atom stereocenters. The van der Waals surface area contributed by atoms with Crippen LogP contribution in [0.5, 0.6) is 0 Å². The predicted molar refractivity (Wildman–Crippen MR) is 91.0 cm³/mol. The van der Waals surface area contributed by atoms with Crippen LogP contribution in [0.25, 0.3) is 0 Å². The van der Waals surface area contributed by atoms with E-state index >= 15 is 0 Å². The summed E-state index contributed by atoms with van der Waals surface area (Å²) in [7, 11) is 0. The molecule has 0 aliphatic carbocycles. The van der Waals surface area contributed by atoms with E-state index in [4.69, 9.17) is 4.74 Å². The van der Waals surface area contributed by atoms with Crippen molar-refractivity contribution in [3.05, 3.63) is 46.7 Å². The largest absolute Gasteiger partial charge is 0.466 e. The molecule has 0 bridgehead atoms. The Balaban J connectivity index is 1.80. The number of rotatable bonds is 8. The van der Waals surface area contributed by atoms with Gasteiger partial charge >= 0.3 is 5.97 Å². The third-order valence-corrected chi connectivity index (χ3v) is 3.98. The van der Waals surface area contributed by atoms with Crippen LogP contribution >= 0.6 is 11.3 Å². The molecule has 1 N–H and O–H groups in total. The fourth-order valence-electron chi connectivity index (χ4n) is 1.99. The molecular weight excluding hydrogens is 347 g/mol. The molecule has 8 heteroatoms. The number of hydrogen-bond donors (Lipinski definition) is 1. The number of hydrogen-bond acceptors (Lipinski definition) is 6. The van der Waals surface area contributed by atoms with Crippen molar-refractivity contribution in [2.24, 2.45) is 0 Å². The number of esters is 1. The first kappa shape index (κ1) is 18.7. The van der Waals surface area contributed by atoms with Crippen molar-refractivity contribution in [2.45, 2.75) is 26.2 Å². The van der Waals surface area contributed by atoms with E-state index in [0.29, 0.717) is 23.0 Å². The maximum absolute atomic E-state index is 12.8. The van der Waals surface area contributed by atoms with E-state index in [-0.39, 0.29) is 36.9 Å². The van der Waals surface area contributed by atoms with E-state index in [1.165, 1.54) is 35.6 Å². The Morgan fingerprint density at radius 1 is 1.20 bits per heavy atom. The maximum atomic E-state index is 12.8. The minimum absolute atomic E-state index is 0.0109. The fourth-order valence-corrected chi connectivity index (χ4v) is 2.72. The zero-order valence-electron chi connectivity index (χ0n) is 13.6. The normalized spacial score (nSPS) is 10.3. The molecule has 2 aromatic rings. The lowest BCUT2D eigenvalue weighted by Crippen LogP contribution is -2.13. The minimum Gasteiger partial charge on any atom is -0.466 e. The molecule has 0 atom stereocenters. The van der Waals surface area contributed by atoms with Crippen LogP contribution < -0.4 is 5.32 Å². The van der Waals surface area contributed by atoms with E-state index in [1.54, 1.807) is 12.3 Å². The van der Waals surface area contributed by atoms with Gasteiger partial charge in [-0.1, -0.05) is 0 Å². The third-order valence-electron chi connectivity index (χ3n) is 3.17. The molecule has 1 heterocycles. The average molecular weight is 364 g/mol. The Hall–Kier alpha value is -2.61. The van der Waals surface area contributed by atoms with Crippen LogP contribution in [0.15, 0.2) is 29.6 Å². The predicted octanol–water partition coefficient (Wildman–Crippen LogP) is 2.99. The van der Waals surface area contributed by atoms with Crippen molar-refractivity contribution in [3.8, 4) is 0 Å². The van der Waals surface area contributed by atoms with Gasteiger partial charge in [0.15, 0.2) is 10.9 Å². The molecule has 1 aromatic carbocycles. The number of nitrogens with zero attached hydrogens (tertiary/aromatic N) is 1. The summed E-state index contributed by atoms with van der Waals surface area (Å²) in [6.45, 7) is 2.02. The zero-order chi connectivity index (χ0) is 18.2. The van der Waals surface area contributed by atoms with Gasteiger partial charge in [0.1, 0.15) is 5.82 Å². The molecule has 0 saturated heterocycles. The molecule has 2 rings (SSSR count). The number of nitrogens with one attached hydrogen (secondary N) is 1. The SMILES string of the molecule is CCOC(=O)Cc1csc(NC(=O)CCC(=O)c2ccc(F)cc2)n1. The van der Waals surface area contributed by atoms with E-state index in [1.807, 2.05) is 0 Å². The van der Waals surface area contributed by atoms with Gasteiger partial charge in [-0.3, -0.25) is 14.4 Å². The highest BCUT2D eigenvalue weighted by Crippen LogP contribution is 2.17. The van der Waals surface area contributed by atoms with Crippen molar-refractivity contribution in [2.75, 3.05) is 11.9 Å². The van der Waals surface area contributed by atoms with E-state index in [0.717, 1.165) is 0 Å². The van der Waals surface area contributed by atoms with Crippen LogP contribution in [0, 0.1) is 5.82 Å². The van der Waals surface area contributed by atoms with Crippen molar-refractivity contribution >= 4 is 34.1 Å². The minimum atomic E-state index is -0.420. The first-order valence-corrected chi connectivity index (χ1v) is 8.54. The Bertz CT molecular complexity index is 758. The Labute approximate surface area is 148 Å². The average Bonchev–Trinajstić information content (AvgIpc) is 3.00. The highest BCUT2D eigenvalue weighted by molar-refractivity contribution is 7.13. The van der Waals surface area contributed by atoms with Gasteiger partial charge in [0, 0.05) is 23.8 Å². The fraction of sp³-hybridized carbons (Fsp3) is 0.294. The number of amides is 1. The number of ketones is 1. The standard InChI is InChI=1S/C17H17FN2O4S/c1-2-24-16(23)9-13-10-25-17(19-13)20-15(22)8-7-14(21)11-3-5-12(18)6-4-11/h3-6,10H,2,7-9H2,1H3,(H,19,20,22). The third kappa shape index (κ3) is 6.07. The molecular formula is C17H17FN2O4S. The number of ether oxygens (including phenoxy) is 1. The molecule has 0 aliphatic rings. The summed E-state index contributed by atoms with van der Waals surface area (Å²) in [5.74, 6) is -1.39. The van der Waals surface area contributed by atoms with Crippen LogP contribution in [-0.4, -0.2) is 29.3 Å². The second-order valence-electron chi connectivity index (χ2n) is 5.10. The first-order valence-electron chi connectivity index (χ1n) is 7.66. The van der Waals surface area contributed by atoms with Gasteiger partial charge < -0.3 is 10.1 Å². The van der Waals surface area contributed by atoms with Crippen molar-refractivity contribution in [3.63, 3.8) is 0 Å². The highest BCUT2D eigenvalue weighted by Gasteiger charge is 2.12. The number of thiazole rings is 1. The summed E-state index contributed by atoms with van der Waals surface area (Å²) in [4.78, 5) is 39.3. The molecule has 1 aromatic heterocycles. The number of Topliss-reactive ketones (excluding diaryl/α,β-unsaturated/α-hetero) is 1. The molecule has 132 valence electrons. The lowest BCUT2D eigenvalue weighted by molar-refractivity contribution is -0.142. The van der Waals surface area contributed by atoms with Gasteiger partial charge in [-0.15, -0.1) is 11.3 Å². The number of carbonyl (C=O) groups excluding carboxylic acids is 3. The van der Waals surface area contributed by atoms with Gasteiger partial charge in [-0.25, -0.2) is 9.37 Å². The first-order chi connectivity index (χ1) is 12.0. The van der Waals surface area contributed by atoms with E-state index in [2.05, 4.69) is 10.3 Å². The molecule has 0 aliphatic heterocycles. The Morgan fingerprint density at radius 3 is 2.60 bits per heavy atom. The van der Waals surface area contributed by atoms with Crippen LogP contribution in [0.4, 0.5) is 9.52 Å². The van der Waals surface area contributed by atoms with E-state index in [9.17, 15) is 18.8 Å². The molecule has 1 amide bonds. The van der Waals surface area contributed by atoms with Gasteiger partial charge in [-0.2, -0.15) is 0 Å². The molecule has 0 radical (unpaired) electrons. The molecule has 6 nitrogen and oxygen atoms in total. The van der Waals surface area contributed by atoms with Crippen LogP contribution in [0.2, 0.25) is 0 Å². The quantitative estimate of drug-likeness (QED) is 0.575. The number of carbonyl (C=O) groups is 3. The number of aromatic nitrogens is 1. The summed E-state index contributed by atoms with van der Waals surface area (Å²) >= 11 is 1.19. The number of benzene rings is 1. The van der Waals surface area contributed by atoms with Gasteiger partial charge in [-0.05, 0) is 31.2 Å². The number of halogens is 1. The van der Waals surface area contributed by atoms with Gasteiger partial charge in [0.05, 0.1) is 18.7 Å². The van der Waals surface area contributed by atoms with Gasteiger partial charge in [0.25, 0.3) is 0 Å².